The molecule has 4 rings (SSSR count). The van der Waals surface area contributed by atoms with Crippen molar-refractivity contribution in [3.63, 3.8) is 0 Å². The van der Waals surface area contributed by atoms with Crippen LogP contribution < -0.4 is 20.1 Å². The summed E-state index contributed by atoms with van der Waals surface area (Å²) in [6, 6.07) is 17.6. The molecule has 0 radical (unpaired) electrons. The minimum Gasteiger partial charge on any atom is -0.497 e. The van der Waals surface area contributed by atoms with Gasteiger partial charge in [0.05, 0.1) is 36.7 Å². The number of hydrogen-bond acceptors (Lipinski definition) is 6. The van der Waals surface area contributed by atoms with Gasteiger partial charge in [-0.2, -0.15) is 0 Å². The summed E-state index contributed by atoms with van der Waals surface area (Å²) in [5.74, 6) is 2.29. The van der Waals surface area contributed by atoms with Crippen LogP contribution in [0.1, 0.15) is 29.9 Å². The third-order valence-corrected chi connectivity index (χ3v) is 7.33. The Morgan fingerprint density at radius 2 is 1.84 bits per heavy atom. The van der Waals surface area contributed by atoms with Gasteiger partial charge in [-0.05, 0) is 55.3 Å². The van der Waals surface area contributed by atoms with Crippen LogP contribution in [0.25, 0.3) is 5.69 Å². The van der Waals surface area contributed by atoms with Crippen molar-refractivity contribution in [3.05, 3.63) is 87.7 Å². The van der Waals surface area contributed by atoms with Gasteiger partial charge in [0.1, 0.15) is 11.5 Å². The molecule has 8 nitrogen and oxygen atoms in total. The highest BCUT2D eigenvalue weighted by molar-refractivity contribution is 7.98. The number of methoxy groups -OCH3 is 2. The topological polar surface area (TPSA) is 90.3 Å². The first-order valence-electron chi connectivity index (χ1n) is 11.7. The lowest BCUT2D eigenvalue weighted by Crippen LogP contribution is -2.32. The Morgan fingerprint density at radius 3 is 2.55 bits per heavy atom. The number of benzene rings is 3. The zero-order valence-electron chi connectivity index (χ0n) is 21.3. The number of ether oxygens (including phenoxy) is 2. The average Bonchev–Trinajstić information content (AvgIpc) is 3.32. The number of carbonyl (C=O) groups excluding carboxylic acids is 1. The van der Waals surface area contributed by atoms with E-state index < -0.39 is 12.1 Å². The summed E-state index contributed by atoms with van der Waals surface area (Å²) in [7, 11) is 3.09. The number of carbonyl (C=O) groups is 1. The number of amides is 2. The van der Waals surface area contributed by atoms with Crippen LogP contribution >= 0.6 is 35.0 Å². The molecule has 0 spiro atoms. The number of halogens is 2. The molecule has 11 heteroatoms. The molecule has 3 aromatic carbocycles. The Hall–Kier alpha value is -3.40. The third kappa shape index (κ3) is 6.35. The van der Waals surface area contributed by atoms with Crippen LogP contribution in [0.2, 0.25) is 10.0 Å². The smallest absolute Gasteiger partial charge is 0.319 e. The van der Waals surface area contributed by atoms with E-state index in [0.29, 0.717) is 49.7 Å². The maximum Gasteiger partial charge on any atom is 0.319 e. The van der Waals surface area contributed by atoms with Gasteiger partial charge in [-0.1, -0.05) is 59.2 Å². The van der Waals surface area contributed by atoms with Gasteiger partial charge in [0, 0.05) is 16.8 Å². The first-order chi connectivity index (χ1) is 18.3. The van der Waals surface area contributed by atoms with Gasteiger partial charge in [-0.15, -0.1) is 10.2 Å². The molecule has 2 N–H and O–H groups in total. The van der Waals surface area contributed by atoms with E-state index in [1.54, 1.807) is 37.4 Å². The fourth-order valence-electron chi connectivity index (χ4n) is 3.78. The largest absolute Gasteiger partial charge is 0.497 e. The van der Waals surface area contributed by atoms with Crippen molar-refractivity contribution in [3.8, 4) is 17.2 Å². The molecule has 1 unspecified atom stereocenters. The van der Waals surface area contributed by atoms with Gasteiger partial charge in [0.2, 0.25) is 0 Å². The van der Waals surface area contributed by atoms with E-state index in [4.69, 9.17) is 32.7 Å². The summed E-state index contributed by atoms with van der Waals surface area (Å²) < 4.78 is 12.4. The van der Waals surface area contributed by atoms with Crippen molar-refractivity contribution < 1.29 is 14.3 Å². The Kier molecular flexibility index (Phi) is 9.04. The summed E-state index contributed by atoms with van der Waals surface area (Å²) in [5, 5.41) is 16.2. The maximum atomic E-state index is 12.9. The minimum absolute atomic E-state index is 0.438. The summed E-state index contributed by atoms with van der Waals surface area (Å²) >= 11 is 14.3. The lowest BCUT2D eigenvalue weighted by atomic mass is 10.1. The number of nitrogens with zero attached hydrogens (tertiary/aromatic N) is 3. The first kappa shape index (κ1) is 27.6. The predicted octanol–water partition coefficient (Wildman–Crippen LogP) is 7.07. The van der Waals surface area contributed by atoms with Crippen LogP contribution in [-0.2, 0) is 5.75 Å². The molecule has 1 heterocycles. The Morgan fingerprint density at radius 1 is 1.05 bits per heavy atom. The van der Waals surface area contributed by atoms with Crippen LogP contribution in [0.5, 0.6) is 11.5 Å². The van der Waals surface area contributed by atoms with Gasteiger partial charge in [0.15, 0.2) is 11.0 Å². The fraction of sp³-hybridized carbons (Fsp3) is 0.222. The second-order valence-electron chi connectivity index (χ2n) is 8.37. The molecule has 0 aliphatic rings. The molecule has 1 atom stereocenters. The molecule has 0 fully saturated rings. The van der Waals surface area contributed by atoms with E-state index in [9.17, 15) is 4.79 Å². The molecular formula is C27H27Cl2N5O3S. The summed E-state index contributed by atoms with van der Waals surface area (Å²) in [4.78, 5) is 12.9. The van der Waals surface area contributed by atoms with Crippen molar-refractivity contribution in [2.75, 3.05) is 19.5 Å². The molecule has 0 bridgehead atoms. The van der Waals surface area contributed by atoms with Crippen molar-refractivity contribution in [1.29, 1.82) is 0 Å². The number of aryl methyl sites for hydroxylation is 1. The second kappa shape index (κ2) is 12.4. The molecule has 0 aliphatic carbocycles. The number of rotatable bonds is 9. The summed E-state index contributed by atoms with van der Waals surface area (Å²) in [6.45, 7) is 3.90. The van der Waals surface area contributed by atoms with Crippen LogP contribution in [-0.4, -0.2) is 35.0 Å². The highest BCUT2D eigenvalue weighted by atomic mass is 35.5. The molecule has 0 saturated carbocycles. The van der Waals surface area contributed by atoms with Crippen molar-refractivity contribution in [1.82, 2.24) is 20.1 Å². The van der Waals surface area contributed by atoms with Crippen molar-refractivity contribution in [2.24, 2.45) is 0 Å². The van der Waals surface area contributed by atoms with Crippen molar-refractivity contribution >= 4 is 46.7 Å². The number of hydrogen-bond donors (Lipinski definition) is 2. The lowest BCUT2D eigenvalue weighted by molar-refractivity contribution is 0.248. The van der Waals surface area contributed by atoms with Gasteiger partial charge in [0.25, 0.3) is 0 Å². The highest BCUT2D eigenvalue weighted by Gasteiger charge is 2.23. The van der Waals surface area contributed by atoms with E-state index >= 15 is 0 Å². The lowest BCUT2D eigenvalue weighted by Gasteiger charge is -2.18. The SMILES string of the molecule is COc1ccc(NC(=O)NC(C)c2nnc(SCc3ccccc3C)n2-c2ccc(Cl)cc2Cl)c(OC)c1. The van der Waals surface area contributed by atoms with E-state index in [2.05, 4.69) is 39.9 Å². The Labute approximate surface area is 235 Å². The molecule has 0 aliphatic heterocycles. The zero-order chi connectivity index (χ0) is 27.2. The number of aromatic nitrogens is 3. The number of thioether (sulfide) groups is 1. The van der Waals surface area contributed by atoms with Crippen LogP contribution in [0.4, 0.5) is 10.5 Å². The van der Waals surface area contributed by atoms with E-state index in [1.807, 2.05) is 29.7 Å². The molecule has 198 valence electrons. The minimum atomic E-state index is -0.522. The van der Waals surface area contributed by atoms with E-state index in [1.165, 1.54) is 30.0 Å². The van der Waals surface area contributed by atoms with E-state index in [-0.39, 0.29) is 0 Å². The van der Waals surface area contributed by atoms with Crippen LogP contribution in [0.3, 0.4) is 0 Å². The Balaban J connectivity index is 1.60. The normalized spacial score (nSPS) is 11.6. The van der Waals surface area contributed by atoms with Crippen molar-refractivity contribution in [2.45, 2.75) is 30.8 Å². The van der Waals surface area contributed by atoms with Gasteiger partial charge < -0.3 is 20.1 Å². The number of nitrogens with one attached hydrogen (secondary N) is 2. The molecule has 2 amide bonds. The van der Waals surface area contributed by atoms with Gasteiger partial charge in [-0.3, -0.25) is 4.57 Å². The third-order valence-electron chi connectivity index (χ3n) is 5.82. The second-order valence-corrected chi connectivity index (χ2v) is 10.2. The Bertz CT molecular complexity index is 1450. The predicted molar refractivity (Wildman–Crippen MR) is 152 cm³/mol. The first-order valence-corrected chi connectivity index (χ1v) is 13.4. The van der Waals surface area contributed by atoms with Gasteiger partial charge >= 0.3 is 6.03 Å². The molecule has 1 aromatic heterocycles. The van der Waals surface area contributed by atoms with Crippen LogP contribution in [0.15, 0.2) is 65.8 Å². The fourth-order valence-corrected chi connectivity index (χ4v) is 5.30. The summed E-state index contributed by atoms with van der Waals surface area (Å²) in [5.41, 5.74) is 3.54. The van der Waals surface area contributed by atoms with Gasteiger partial charge in [-0.25, -0.2) is 4.79 Å². The maximum absolute atomic E-state index is 12.9. The quantitative estimate of drug-likeness (QED) is 0.209. The molecule has 4 aromatic rings. The number of urea groups is 1. The zero-order valence-corrected chi connectivity index (χ0v) is 23.6. The van der Waals surface area contributed by atoms with E-state index in [0.717, 1.165) is 0 Å². The standard InChI is InChI=1S/C27H27Cl2N5O3S/c1-16-7-5-6-8-18(16)15-38-27-33-32-25(34(27)23-12-9-19(28)13-21(23)29)17(2)30-26(35)31-22-11-10-20(36-3)14-24(22)37-4/h5-14,17H,15H2,1-4H3,(H2,30,31,35). The van der Waals surface area contributed by atoms with Crippen LogP contribution in [0, 0.1) is 6.92 Å². The monoisotopic (exact) mass is 571 g/mol. The average molecular weight is 573 g/mol. The number of anilines is 1. The molecular weight excluding hydrogens is 545 g/mol. The molecule has 0 saturated heterocycles. The summed E-state index contributed by atoms with van der Waals surface area (Å²) in [6.07, 6.45) is 0. The molecule has 38 heavy (non-hydrogen) atoms. The highest BCUT2D eigenvalue weighted by Crippen LogP contribution is 2.33.